The Bertz CT molecular complexity index is 432. The largest absolute Gasteiger partial charge is 0.337 e. The number of hydrogen-bond donors (Lipinski definition) is 3. The van der Waals surface area contributed by atoms with Crippen LogP contribution in [0.3, 0.4) is 0 Å². The average molecular weight is 467 g/mol. The molecule has 0 radical (unpaired) electrons. The smallest absolute Gasteiger partial charge is 0.329 e. The summed E-state index contributed by atoms with van der Waals surface area (Å²) in [6.07, 6.45) is 28.0. The molecule has 0 aliphatic carbocycles. The summed E-state index contributed by atoms with van der Waals surface area (Å²) in [5.41, 5.74) is 2.97. The summed E-state index contributed by atoms with van der Waals surface area (Å²) < 4.78 is 0. The van der Waals surface area contributed by atoms with Crippen molar-refractivity contribution in [3.05, 3.63) is 0 Å². The fraction of sp³-hybridized carbons (Fsp3) is 0.964. The minimum Gasteiger partial charge on any atom is -0.337 e. The number of nitrogens with one attached hydrogen (secondary N) is 3. The quantitative estimate of drug-likeness (QED) is 0.147. The Morgan fingerprint density at radius 2 is 1.15 bits per heavy atom. The van der Waals surface area contributed by atoms with Gasteiger partial charge in [-0.3, -0.25) is 5.43 Å². The van der Waals surface area contributed by atoms with Gasteiger partial charge in [0, 0.05) is 32.2 Å². The first-order valence-corrected chi connectivity index (χ1v) is 14.8. The second-order valence-electron chi connectivity index (χ2n) is 10.3. The van der Waals surface area contributed by atoms with E-state index < -0.39 is 0 Å². The van der Waals surface area contributed by atoms with Gasteiger partial charge in [0.1, 0.15) is 0 Å². The third-order valence-corrected chi connectivity index (χ3v) is 7.06. The summed E-state index contributed by atoms with van der Waals surface area (Å²) in [7, 11) is 0. The van der Waals surface area contributed by atoms with Crippen LogP contribution < -0.4 is 16.1 Å². The molecule has 1 unspecified atom stereocenters. The number of nitrogens with zero attached hydrogens (tertiary/aromatic N) is 1. The van der Waals surface area contributed by atoms with Crippen LogP contribution in [-0.4, -0.2) is 43.3 Å². The summed E-state index contributed by atoms with van der Waals surface area (Å²) >= 11 is 0. The molecule has 33 heavy (non-hydrogen) atoms. The number of amides is 2. The van der Waals surface area contributed by atoms with E-state index in [2.05, 4.69) is 29.9 Å². The topological polar surface area (TPSA) is 56.4 Å². The van der Waals surface area contributed by atoms with Gasteiger partial charge in [-0.05, 0) is 13.3 Å². The number of piperazine rings is 1. The molecule has 0 saturated carbocycles. The third kappa shape index (κ3) is 19.2. The molecule has 0 bridgehead atoms. The maximum atomic E-state index is 12.0. The van der Waals surface area contributed by atoms with Gasteiger partial charge in [-0.25, -0.2) is 9.80 Å². The molecule has 5 nitrogen and oxygen atoms in total. The Balaban J connectivity index is 1.71. The van der Waals surface area contributed by atoms with E-state index in [1.807, 2.05) is 5.01 Å². The highest BCUT2D eigenvalue weighted by Crippen LogP contribution is 2.14. The summed E-state index contributed by atoms with van der Waals surface area (Å²) in [6, 6.07) is 0.297. The van der Waals surface area contributed by atoms with Crippen LogP contribution in [0, 0.1) is 0 Å². The summed E-state index contributed by atoms with van der Waals surface area (Å²) in [5, 5.41) is 8.36. The molecule has 0 aromatic rings. The highest BCUT2D eigenvalue weighted by molar-refractivity contribution is 5.73. The molecule has 1 rings (SSSR count). The third-order valence-electron chi connectivity index (χ3n) is 7.06. The average Bonchev–Trinajstić information content (AvgIpc) is 2.81. The van der Waals surface area contributed by atoms with Crippen molar-refractivity contribution in [1.29, 1.82) is 0 Å². The normalized spacial score (nSPS) is 16.7. The highest BCUT2D eigenvalue weighted by Gasteiger charge is 2.19. The standard InChI is InChI=1S/C28H58N4O/c1-3-4-5-6-7-8-9-10-11-12-13-14-15-16-17-18-19-20-21-22-23-30-28(33)31-32-25-24-29-26-27(32)2/h27,29H,3-26H2,1-2H3,(H2,30,31,33). The van der Waals surface area contributed by atoms with Gasteiger partial charge in [-0.2, -0.15) is 0 Å². The second kappa shape index (κ2) is 23.0. The zero-order chi connectivity index (χ0) is 23.8. The molecule has 0 spiro atoms. The van der Waals surface area contributed by atoms with Crippen LogP contribution in [0.25, 0.3) is 0 Å². The molecule has 0 aromatic heterocycles. The van der Waals surface area contributed by atoms with Gasteiger partial charge in [0.05, 0.1) is 0 Å². The van der Waals surface area contributed by atoms with Gasteiger partial charge < -0.3 is 10.6 Å². The van der Waals surface area contributed by atoms with Crippen LogP contribution in [0.2, 0.25) is 0 Å². The van der Waals surface area contributed by atoms with Crippen molar-refractivity contribution in [2.75, 3.05) is 26.2 Å². The zero-order valence-corrected chi connectivity index (χ0v) is 22.4. The van der Waals surface area contributed by atoms with E-state index >= 15 is 0 Å². The molecule has 3 N–H and O–H groups in total. The Kier molecular flexibility index (Phi) is 21.0. The van der Waals surface area contributed by atoms with Crippen molar-refractivity contribution in [3.63, 3.8) is 0 Å². The molecule has 1 heterocycles. The van der Waals surface area contributed by atoms with Crippen molar-refractivity contribution in [1.82, 2.24) is 21.1 Å². The van der Waals surface area contributed by atoms with E-state index in [0.717, 1.165) is 32.6 Å². The first-order chi connectivity index (χ1) is 16.2. The van der Waals surface area contributed by atoms with Crippen molar-refractivity contribution in [2.45, 2.75) is 148 Å². The first-order valence-electron chi connectivity index (χ1n) is 14.8. The van der Waals surface area contributed by atoms with Gasteiger partial charge in [0.25, 0.3) is 0 Å². The van der Waals surface area contributed by atoms with E-state index in [9.17, 15) is 4.79 Å². The minimum absolute atomic E-state index is 0.0541. The summed E-state index contributed by atoms with van der Waals surface area (Å²) in [4.78, 5) is 12.0. The number of hydrogen-bond acceptors (Lipinski definition) is 3. The van der Waals surface area contributed by atoms with Gasteiger partial charge in [0.2, 0.25) is 0 Å². The van der Waals surface area contributed by atoms with Crippen LogP contribution in [0.5, 0.6) is 0 Å². The molecule has 1 aliphatic rings. The highest BCUT2D eigenvalue weighted by atomic mass is 16.2. The lowest BCUT2D eigenvalue weighted by Gasteiger charge is -2.33. The van der Waals surface area contributed by atoms with E-state index in [0.29, 0.717) is 6.04 Å². The lowest BCUT2D eigenvalue weighted by atomic mass is 10.0. The monoisotopic (exact) mass is 466 g/mol. The molecule has 1 atom stereocenters. The minimum atomic E-state index is -0.0541. The van der Waals surface area contributed by atoms with Gasteiger partial charge in [-0.1, -0.05) is 129 Å². The Morgan fingerprint density at radius 3 is 1.58 bits per heavy atom. The SMILES string of the molecule is CCCCCCCCCCCCCCCCCCCCCCNC(=O)NN1CCNCC1C. The van der Waals surface area contributed by atoms with E-state index in [4.69, 9.17) is 0 Å². The number of unbranched alkanes of at least 4 members (excludes halogenated alkanes) is 19. The van der Waals surface area contributed by atoms with Crippen LogP contribution in [0.1, 0.15) is 142 Å². The molecular weight excluding hydrogens is 408 g/mol. The van der Waals surface area contributed by atoms with Crippen molar-refractivity contribution in [3.8, 4) is 0 Å². The molecule has 5 heteroatoms. The Labute approximate surface area is 206 Å². The van der Waals surface area contributed by atoms with Gasteiger partial charge in [0.15, 0.2) is 0 Å². The molecule has 2 amide bonds. The number of rotatable bonds is 22. The van der Waals surface area contributed by atoms with Crippen molar-refractivity contribution >= 4 is 6.03 Å². The van der Waals surface area contributed by atoms with E-state index in [1.54, 1.807) is 0 Å². The predicted octanol–water partition coefficient (Wildman–Crippen LogP) is 7.32. The Morgan fingerprint density at radius 1 is 0.727 bits per heavy atom. The Hall–Kier alpha value is -0.810. The molecule has 1 aliphatic heterocycles. The summed E-state index contributed by atoms with van der Waals surface area (Å²) in [6.45, 7) is 7.94. The fourth-order valence-corrected chi connectivity index (χ4v) is 4.76. The number of hydrazine groups is 1. The van der Waals surface area contributed by atoms with Gasteiger partial charge in [-0.15, -0.1) is 0 Å². The van der Waals surface area contributed by atoms with Crippen molar-refractivity contribution in [2.24, 2.45) is 0 Å². The summed E-state index contributed by atoms with van der Waals surface area (Å²) in [5.74, 6) is 0. The maximum absolute atomic E-state index is 12.0. The van der Waals surface area contributed by atoms with E-state index in [-0.39, 0.29) is 6.03 Å². The lowest BCUT2D eigenvalue weighted by molar-refractivity contribution is 0.117. The fourth-order valence-electron chi connectivity index (χ4n) is 4.76. The second-order valence-corrected chi connectivity index (χ2v) is 10.3. The lowest BCUT2D eigenvalue weighted by Crippen LogP contribution is -2.58. The van der Waals surface area contributed by atoms with Crippen LogP contribution in [0.15, 0.2) is 0 Å². The zero-order valence-electron chi connectivity index (χ0n) is 22.4. The van der Waals surface area contributed by atoms with Gasteiger partial charge >= 0.3 is 6.03 Å². The maximum Gasteiger partial charge on any atom is 0.329 e. The molecule has 1 saturated heterocycles. The molecule has 1 fully saturated rings. The van der Waals surface area contributed by atoms with Crippen LogP contribution in [0.4, 0.5) is 4.79 Å². The first kappa shape index (κ1) is 30.2. The molecule has 0 aromatic carbocycles. The molecular formula is C28H58N4O. The van der Waals surface area contributed by atoms with Crippen LogP contribution in [-0.2, 0) is 0 Å². The van der Waals surface area contributed by atoms with E-state index in [1.165, 1.54) is 122 Å². The number of carbonyl (C=O) groups excluding carboxylic acids is 1. The molecule has 196 valence electrons. The number of carbonyl (C=O) groups is 1. The predicted molar refractivity (Wildman–Crippen MR) is 144 cm³/mol. The van der Waals surface area contributed by atoms with Crippen molar-refractivity contribution < 1.29 is 4.79 Å². The van der Waals surface area contributed by atoms with Crippen LogP contribution >= 0.6 is 0 Å². The number of urea groups is 1.